The van der Waals surface area contributed by atoms with Gasteiger partial charge in [-0.15, -0.1) is 0 Å². The van der Waals surface area contributed by atoms with Crippen LogP contribution in [-0.4, -0.2) is 57.7 Å². The van der Waals surface area contributed by atoms with Gasteiger partial charge in [-0.05, 0) is 58.5 Å². The van der Waals surface area contributed by atoms with Crippen molar-refractivity contribution in [2.45, 2.75) is 90.8 Å². The van der Waals surface area contributed by atoms with E-state index in [9.17, 15) is 4.79 Å². The number of carbonyl (C=O) groups excluding carboxylic acids is 1. The largest absolute Gasteiger partial charge is 0.338 e. The molecule has 0 bridgehead atoms. The van der Waals surface area contributed by atoms with Crippen LogP contribution < -0.4 is 5.32 Å². The highest BCUT2D eigenvalue weighted by molar-refractivity contribution is 5.74. The minimum atomic E-state index is 0.122. The Hall–Kier alpha value is -1.63. The number of hydrogen-bond acceptors (Lipinski definition) is 5. The van der Waals surface area contributed by atoms with Crippen molar-refractivity contribution in [2.24, 2.45) is 5.92 Å². The average Bonchev–Trinajstić information content (AvgIpc) is 2.97. The summed E-state index contributed by atoms with van der Waals surface area (Å²) in [5.41, 5.74) is 0. The number of carbonyl (C=O) groups is 1. The quantitative estimate of drug-likeness (QED) is 0.827. The zero-order valence-electron chi connectivity index (χ0n) is 18.0. The lowest BCUT2D eigenvalue weighted by atomic mass is 9.86. The zero-order valence-corrected chi connectivity index (χ0v) is 18.0. The third-order valence-corrected chi connectivity index (χ3v) is 6.01. The van der Waals surface area contributed by atoms with Gasteiger partial charge in [-0.3, -0.25) is 4.90 Å². The second-order valence-electron chi connectivity index (χ2n) is 9.03. The summed E-state index contributed by atoms with van der Waals surface area (Å²) < 4.78 is 5.41. The van der Waals surface area contributed by atoms with Gasteiger partial charge >= 0.3 is 6.03 Å². The van der Waals surface area contributed by atoms with Crippen LogP contribution >= 0.6 is 0 Å². The molecular formula is C21H37N5O2. The molecule has 3 rings (SSSR count). The van der Waals surface area contributed by atoms with Crippen LogP contribution in [0.3, 0.4) is 0 Å². The van der Waals surface area contributed by atoms with E-state index >= 15 is 0 Å². The van der Waals surface area contributed by atoms with Crippen molar-refractivity contribution in [1.82, 2.24) is 25.3 Å². The molecule has 0 aromatic carbocycles. The van der Waals surface area contributed by atoms with Crippen LogP contribution in [0.25, 0.3) is 0 Å². The summed E-state index contributed by atoms with van der Waals surface area (Å²) in [6.45, 7) is 11.9. The molecule has 0 aliphatic carbocycles. The zero-order chi connectivity index (χ0) is 20.1. The lowest BCUT2D eigenvalue weighted by Gasteiger charge is -2.40. The fourth-order valence-electron chi connectivity index (χ4n) is 4.46. The maximum atomic E-state index is 12.8. The maximum Gasteiger partial charge on any atom is 0.317 e. The number of likely N-dealkylation sites (tertiary alicyclic amines) is 2. The Kier molecular flexibility index (Phi) is 7.32. The monoisotopic (exact) mass is 391 g/mol. The van der Waals surface area contributed by atoms with Crippen molar-refractivity contribution < 1.29 is 9.32 Å². The van der Waals surface area contributed by atoms with Gasteiger partial charge in [-0.25, -0.2) is 4.79 Å². The number of aromatic nitrogens is 2. The van der Waals surface area contributed by atoms with Crippen molar-refractivity contribution in [3.05, 3.63) is 11.7 Å². The Bertz CT molecular complexity index is 622. The minimum absolute atomic E-state index is 0.122. The van der Waals surface area contributed by atoms with E-state index in [0.717, 1.165) is 63.6 Å². The van der Waals surface area contributed by atoms with Crippen LogP contribution in [0, 0.1) is 5.92 Å². The van der Waals surface area contributed by atoms with Gasteiger partial charge < -0.3 is 14.7 Å². The molecule has 0 spiro atoms. The molecule has 7 heteroatoms. The molecule has 1 atom stereocenters. The number of hydrogen-bond donors (Lipinski definition) is 1. The molecule has 1 aromatic rings. The van der Waals surface area contributed by atoms with Crippen LogP contribution in [0.15, 0.2) is 4.52 Å². The summed E-state index contributed by atoms with van der Waals surface area (Å²) in [7, 11) is 0. The molecule has 0 radical (unpaired) electrons. The van der Waals surface area contributed by atoms with Crippen LogP contribution in [0.2, 0.25) is 0 Å². The highest BCUT2D eigenvalue weighted by atomic mass is 16.5. The molecule has 0 saturated carbocycles. The van der Waals surface area contributed by atoms with E-state index in [4.69, 9.17) is 4.52 Å². The summed E-state index contributed by atoms with van der Waals surface area (Å²) >= 11 is 0. The number of amides is 2. The smallest absolute Gasteiger partial charge is 0.317 e. The van der Waals surface area contributed by atoms with Gasteiger partial charge in [0.15, 0.2) is 5.82 Å². The van der Waals surface area contributed by atoms with Crippen molar-refractivity contribution in [2.75, 3.05) is 19.6 Å². The Labute approximate surface area is 169 Å². The summed E-state index contributed by atoms with van der Waals surface area (Å²) in [5, 5.41) is 7.18. The Morgan fingerprint density at radius 2 is 1.86 bits per heavy atom. The molecule has 2 aliphatic heterocycles. The van der Waals surface area contributed by atoms with Crippen molar-refractivity contribution in [3.8, 4) is 0 Å². The second-order valence-corrected chi connectivity index (χ2v) is 9.03. The van der Waals surface area contributed by atoms with E-state index in [2.05, 4.69) is 39.1 Å². The van der Waals surface area contributed by atoms with Gasteiger partial charge in [0.25, 0.3) is 0 Å². The van der Waals surface area contributed by atoms with Crippen molar-refractivity contribution in [3.63, 3.8) is 0 Å². The van der Waals surface area contributed by atoms with Gasteiger partial charge in [0, 0.05) is 24.5 Å². The van der Waals surface area contributed by atoms with E-state index in [0.29, 0.717) is 17.9 Å². The number of piperidine rings is 1. The minimum Gasteiger partial charge on any atom is -0.338 e. The molecule has 7 nitrogen and oxygen atoms in total. The van der Waals surface area contributed by atoms with Gasteiger partial charge in [0.05, 0.1) is 6.54 Å². The van der Waals surface area contributed by atoms with Gasteiger partial charge in [-0.1, -0.05) is 31.8 Å². The normalized spacial score (nSPS) is 22.6. The first-order chi connectivity index (χ1) is 13.4. The molecule has 2 saturated heterocycles. The number of rotatable bonds is 5. The first-order valence-electron chi connectivity index (χ1n) is 11.1. The predicted molar refractivity (Wildman–Crippen MR) is 109 cm³/mol. The van der Waals surface area contributed by atoms with Crippen molar-refractivity contribution in [1.29, 1.82) is 0 Å². The highest BCUT2D eigenvalue weighted by Gasteiger charge is 2.34. The lowest BCUT2D eigenvalue weighted by molar-refractivity contribution is 0.0927. The lowest BCUT2D eigenvalue weighted by Crippen LogP contribution is -2.52. The standard InChI is InChI=1S/C21H37N5O2/c1-15(2)20-23-19(28-24-20)14-25-12-9-17(10-13-25)18-8-6-5-7-11-26(18)21(27)22-16(3)4/h15-18H,5-14H2,1-4H3,(H,22,27)/t18-/m1/s1. The van der Waals surface area contributed by atoms with Crippen LogP contribution in [0.4, 0.5) is 4.79 Å². The number of nitrogens with zero attached hydrogens (tertiary/aromatic N) is 4. The first-order valence-corrected chi connectivity index (χ1v) is 11.1. The summed E-state index contributed by atoms with van der Waals surface area (Å²) in [4.78, 5) is 21.8. The number of nitrogens with one attached hydrogen (secondary N) is 1. The summed E-state index contributed by atoms with van der Waals surface area (Å²) in [6, 6.07) is 0.680. The molecule has 158 valence electrons. The van der Waals surface area contributed by atoms with E-state index in [1.165, 1.54) is 12.8 Å². The molecule has 2 aliphatic rings. The molecular weight excluding hydrogens is 354 g/mol. The van der Waals surface area contributed by atoms with Gasteiger partial charge in [0.2, 0.25) is 5.89 Å². The average molecular weight is 392 g/mol. The van der Waals surface area contributed by atoms with E-state index in [1.807, 2.05) is 13.8 Å². The Balaban J connectivity index is 1.56. The van der Waals surface area contributed by atoms with Gasteiger partial charge in [0.1, 0.15) is 0 Å². The first kappa shape index (κ1) is 21.1. The van der Waals surface area contributed by atoms with E-state index < -0.39 is 0 Å². The maximum absolute atomic E-state index is 12.8. The third kappa shape index (κ3) is 5.46. The van der Waals surface area contributed by atoms with Crippen LogP contribution in [-0.2, 0) is 6.54 Å². The molecule has 28 heavy (non-hydrogen) atoms. The Morgan fingerprint density at radius 3 is 2.50 bits per heavy atom. The highest BCUT2D eigenvalue weighted by Crippen LogP contribution is 2.30. The molecule has 2 amide bonds. The molecule has 3 heterocycles. The van der Waals surface area contributed by atoms with Crippen molar-refractivity contribution >= 4 is 6.03 Å². The van der Waals surface area contributed by atoms with Crippen LogP contribution in [0.1, 0.15) is 83.9 Å². The predicted octanol–water partition coefficient (Wildman–Crippen LogP) is 3.77. The molecule has 2 fully saturated rings. The SMILES string of the molecule is CC(C)NC(=O)N1CCCCC[C@@H]1C1CCN(Cc2nc(C(C)C)no2)CC1. The fraction of sp³-hybridized carbons (Fsp3) is 0.857. The summed E-state index contributed by atoms with van der Waals surface area (Å²) in [5.74, 6) is 2.38. The molecule has 1 N–H and O–H groups in total. The third-order valence-electron chi connectivity index (χ3n) is 6.01. The summed E-state index contributed by atoms with van der Waals surface area (Å²) in [6.07, 6.45) is 6.98. The number of urea groups is 1. The van der Waals surface area contributed by atoms with E-state index in [1.54, 1.807) is 0 Å². The second kappa shape index (κ2) is 9.72. The van der Waals surface area contributed by atoms with Crippen LogP contribution in [0.5, 0.6) is 0 Å². The molecule has 1 aromatic heterocycles. The molecule has 0 unspecified atom stereocenters. The van der Waals surface area contributed by atoms with Gasteiger partial charge in [-0.2, -0.15) is 4.98 Å². The Morgan fingerprint density at radius 1 is 1.11 bits per heavy atom. The van der Waals surface area contributed by atoms with E-state index in [-0.39, 0.29) is 12.1 Å². The fourth-order valence-corrected chi connectivity index (χ4v) is 4.46. The topological polar surface area (TPSA) is 74.5 Å².